The minimum absolute atomic E-state index is 0.00464. The number of aliphatic hydroxyl groups is 1. The molecule has 0 bridgehead atoms. The van der Waals surface area contributed by atoms with Crippen LogP contribution in [0.5, 0.6) is 11.5 Å². The molecule has 1 fully saturated rings. The number of carbonyl (C=O) groups excluding carboxylic acids is 1. The van der Waals surface area contributed by atoms with E-state index in [0.29, 0.717) is 11.5 Å². The number of nitrogens with zero attached hydrogens (tertiary/aromatic N) is 1. The largest absolute Gasteiger partial charge is 0.497 e. The highest BCUT2D eigenvalue weighted by Gasteiger charge is 2.39. The SMILES string of the molecule is COc1cc(OC)cc(C(=O)N2C[C@@H](O)C[C@H]2C(=O)O)c1. The van der Waals surface area contributed by atoms with Crippen LogP contribution in [-0.2, 0) is 4.79 Å². The molecule has 1 aromatic rings. The fourth-order valence-electron chi connectivity index (χ4n) is 2.37. The van der Waals surface area contributed by atoms with Crippen molar-refractivity contribution in [2.75, 3.05) is 20.8 Å². The number of methoxy groups -OCH3 is 2. The van der Waals surface area contributed by atoms with E-state index in [4.69, 9.17) is 14.6 Å². The molecule has 114 valence electrons. The maximum absolute atomic E-state index is 12.5. The van der Waals surface area contributed by atoms with Gasteiger partial charge in [0.15, 0.2) is 0 Å². The Labute approximate surface area is 121 Å². The molecule has 2 N–H and O–H groups in total. The maximum atomic E-state index is 12.5. The highest BCUT2D eigenvalue weighted by Crippen LogP contribution is 2.26. The molecule has 1 heterocycles. The summed E-state index contributed by atoms with van der Waals surface area (Å²) in [4.78, 5) is 24.8. The molecular formula is C14H17NO6. The van der Waals surface area contributed by atoms with Crippen molar-refractivity contribution in [2.24, 2.45) is 0 Å². The first-order chi connectivity index (χ1) is 9.96. The Hall–Kier alpha value is -2.28. The number of amides is 1. The van der Waals surface area contributed by atoms with Crippen LogP contribution in [0.4, 0.5) is 0 Å². The van der Waals surface area contributed by atoms with Gasteiger partial charge in [0.2, 0.25) is 0 Å². The number of rotatable bonds is 4. The van der Waals surface area contributed by atoms with Crippen LogP contribution in [0, 0.1) is 0 Å². The molecule has 0 radical (unpaired) electrons. The van der Waals surface area contributed by atoms with E-state index in [1.54, 1.807) is 6.07 Å². The molecule has 1 aromatic carbocycles. The Bertz CT molecular complexity index is 536. The lowest BCUT2D eigenvalue weighted by molar-refractivity contribution is -0.141. The lowest BCUT2D eigenvalue weighted by Crippen LogP contribution is -2.40. The zero-order valence-electron chi connectivity index (χ0n) is 11.8. The van der Waals surface area contributed by atoms with Crippen molar-refractivity contribution < 1.29 is 29.3 Å². The highest BCUT2D eigenvalue weighted by atomic mass is 16.5. The first kappa shape index (κ1) is 15.1. The number of hydrogen-bond acceptors (Lipinski definition) is 5. The van der Waals surface area contributed by atoms with Crippen LogP contribution in [0.2, 0.25) is 0 Å². The van der Waals surface area contributed by atoms with Crippen molar-refractivity contribution in [3.63, 3.8) is 0 Å². The number of aliphatic hydroxyl groups excluding tert-OH is 1. The molecule has 0 aromatic heterocycles. The highest BCUT2D eigenvalue weighted by molar-refractivity contribution is 5.97. The second kappa shape index (κ2) is 6.01. The van der Waals surface area contributed by atoms with Gasteiger partial charge in [0, 0.05) is 24.6 Å². The summed E-state index contributed by atoms with van der Waals surface area (Å²) in [5.41, 5.74) is 0.256. The lowest BCUT2D eigenvalue weighted by Gasteiger charge is -2.21. The average molecular weight is 295 g/mol. The number of likely N-dealkylation sites (tertiary alicyclic amines) is 1. The Morgan fingerprint density at radius 1 is 1.19 bits per heavy atom. The van der Waals surface area contributed by atoms with E-state index in [-0.39, 0.29) is 18.5 Å². The van der Waals surface area contributed by atoms with Crippen molar-refractivity contribution in [3.05, 3.63) is 23.8 Å². The Balaban J connectivity index is 2.32. The minimum atomic E-state index is -1.13. The van der Waals surface area contributed by atoms with Crippen LogP contribution in [-0.4, -0.2) is 59.9 Å². The van der Waals surface area contributed by atoms with Gasteiger partial charge in [-0.25, -0.2) is 4.79 Å². The molecule has 1 aliphatic rings. The molecule has 1 aliphatic heterocycles. The molecule has 0 aliphatic carbocycles. The summed E-state index contributed by atoms with van der Waals surface area (Å²) >= 11 is 0. The zero-order chi connectivity index (χ0) is 15.6. The standard InChI is InChI=1S/C14H17NO6/c1-20-10-3-8(4-11(6-10)21-2)13(17)15-7-9(16)5-12(15)14(18)19/h3-4,6,9,12,16H,5,7H2,1-2H3,(H,18,19)/t9-,12-/m0/s1. The molecule has 0 saturated carbocycles. The molecule has 1 amide bonds. The van der Waals surface area contributed by atoms with Gasteiger partial charge in [-0.3, -0.25) is 4.79 Å². The van der Waals surface area contributed by atoms with E-state index in [1.807, 2.05) is 0 Å². The summed E-state index contributed by atoms with van der Waals surface area (Å²) < 4.78 is 10.2. The third kappa shape index (κ3) is 3.08. The first-order valence-electron chi connectivity index (χ1n) is 6.41. The van der Waals surface area contributed by atoms with Crippen LogP contribution >= 0.6 is 0 Å². The van der Waals surface area contributed by atoms with Gasteiger partial charge in [-0.05, 0) is 12.1 Å². The molecule has 21 heavy (non-hydrogen) atoms. The van der Waals surface area contributed by atoms with Crippen LogP contribution in [0.1, 0.15) is 16.8 Å². The second-order valence-electron chi connectivity index (χ2n) is 4.80. The van der Waals surface area contributed by atoms with E-state index < -0.39 is 24.0 Å². The number of ether oxygens (including phenoxy) is 2. The number of carboxylic acids is 1. The van der Waals surface area contributed by atoms with Crippen molar-refractivity contribution in [1.82, 2.24) is 4.90 Å². The predicted octanol–water partition coefficient (Wildman–Crippen LogP) is 0.364. The number of carbonyl (C=O) groups is 2. The summed E-state index contributed by atoms with van der Waals surface area (Å²) in [7, 11) is 2.92. The smallest absolute Gasteiger partial charge is 0.326 e. The number of aliphatic carboxylic acids is 1. The quantitative estimate of drug-likeness (QED) is 0.833. The molecule has 0 unspecified atom stereocenters. The van der Waals surface area contributed by atoms with Crippen LogP contribution < -0.4 is 9.47 Å². The number of hydrogen-bond donors (Lipinski definition) is 2. The lowest BCUT2D eigenvalue weighted by atomic mass is 10.1. The van der Waals surface area contributed by atoms with Gasteiger partial charge in [0.25, 0.3) is 5.91 Å². The molecule has 7 heteroatoms. The second-order valence-corrected chi connectivity index (χ2v) is 4.80. The Morgan fingerprint density at radius 2 is 1.76 bits per heavy atom. The van der Waals surface area contributed by atoms with Gasteiger partial charge in [-0.15, -0.1) is 0 Å². The summed E-state index contributed by atoms with van der Waals surface area (Å²) in [6.07, 6.45) is -0.801. The van der Waals surface area contributed by atoms with Crippen molar-refractivity contribution in [3.8, 4) is 11.5 Å². The summed E-state index contributed by atoms with van der Waals surface area (Å²) in [5.74, 6) is -0.737. The van der Waals surface area contributed by atoms with E-state index >= 15 is 0 Å². The molecule has 2 atom stereocenters. The fraction of sp³-hybridized carbons (Fsp3) is 0.429. The normalized spacial score (nSPS) is 21.2. The molecule has 1 saturated heterocycles. The Kier molecular flexibility index (Phi) is 4.32. The average Bonchev–Trinajstić information content (AvgIpc) is 2.88. The minimum Gasteiger partial charge on any atom is -0.497 e. The molecule has 2 rings (SSSR count). The van der Waals surface area contributed by atoms with Gasteiger partial charge >= 0.3 is 5.97 Å². The topological polar surface area (TPSA) is 96.3 Å². The fourth-order valence-corrected chi connectivity index (χ4v) is 2.37. The van der Waals surface area contributed by atoms with E-state index in [0.717, 1.165) is 4.90 Å². The van der Waals surface area contributed by atoms with Gasteiger partial charge in [-0.1, -0.05) is 0 Å². The van der Waals surface area contributed by atoms with Crippen molar-refractivity contribution >= 4 is 11.9 Å². The van der Waals surface area contributed by atoms with Gasteiger partial charge < -0.3 is 24.6 Å². The van der Waals surface area contributed by atoms with Crippen molar-refractivity contribution in [1.29, 1.82) is 0 Å². The van der Waals surface area contributed by atoms with Crippen LogP contribution in [0.25, 0.3) is 0 Å². The van der Waals surface area contributed by atoms with E-state index in [2.05, 4.69) is 0 Å². The van der Waals surface area contributed by atoms with Crippen molar-refractivity contribution in [2.45, 2.75) is 18.6 Å². The molecule has 7 nitrogen and oxygen atoms in total. The maximum Gasteiger partial charge on any atom is 0.326 e. The van der Waals surface area contributed by atoms with Gasteiger partial charge in [0.1, 0.15) is 17.5 Å². The predicted molar refractivity (Wildman–Crippen MR) is 72.6 cm³/mol. The van der Waals surface area contributed by atoms with Gasteiger partial charge in [-0.2, -0.15) is 0 Å². The zero-order valence-corrected chi connectivity index (χ0v) is 11.8. The van der Waals surface area contributed by atoms with Crippen LogP contribution in [0.15, 0.2) is 18.2 Å². The molecule has 0 spiro atoms. The van der Waals surface area contributed by atoms with Crippen LogP contribution in [0.3, 0.4) is 0 Å². The summed E-state index contributed by atoms with van der Waals surface area (Å²) in [6.45, 7) is -0.00464. The van der Waals surface area contributed by atoms with E-state index in [1.165, 1.54) is 26.4 Å². The number of benzene rings is 1. The third-order valence-corrected chi connectivity index (χ3v) is 3.42. The first-order valence-corrected chi connectivity index (χ1v) is 6.41. The summed E-state index contributed by atoms with van der Waals surface area (Å²) in [5, 5.41) is 18.8. The molecular weight excluding hydrogens is 278 g/mol. The number of β-amino-alcohol motifs (C(OH)–C–C–N with tert-alkyl or cyclic N) is 1. The monoisotopic (exact) mass is 295 g/mol. The summed E-state index contributed by atoms with van der Waals surface area (Å²) in [6, 6.07) is 3.61. The number of carboxylic acid groups (broad SMARTS) is 1. The Morgan fingerprint density at radius 3 is 2.24 bits per heavy atom. The van der Waals surface area contributed by atoms with E-state index in [9.17, 15) is 14.7 Å². The third-order valence-electron chi connectivity index (χ3n) is 3.42. The van der Waals surface area contributed by atoms with Gasteiger partial charge in [0.05, 0.1) is 20.3 Å².